The predicted molar refractivity (Wildman–Crippen MR) is 170 cm³/mol. The van der Waals surface area contributed by atoms with Crippen molar-refractivity contribution in [2.45, 2.75) is 104 Å². The molecule has 1 saturated carbocycles. The summed E-state index contributed by atoms with van der Waals surface area (Å²) in [6, 6.07) is 9.01. The molecule has 1 fully saturated rings. The standard InChI is InChI=1S/C34H43F3N8O2/c1-31(2,3)16-15-25(21-7-9-22(10-8-21)29(46)39-20-27-41-43-44-42-27)45-30(47)28(23-11-12-26(38-19-23)34(35,36)37)40-33(45)17-13-24(14-18-33)32(4,5)6/h7-12,19,24-25H,13-18,20H2,1-6H3,(H,39,46)(H,41,42,43,44)/t24?,25-,33?/m1/s1. The Labute approximate surface area is 273 Å². The third-order valence-corrected chi connectivity index (χ3v) is 9.36. The van der Waals surface area contributed by atoms with Gasteiger partial charge in [-0.25, -0.2) is 0 Å². The molecule has 1 aliphatic carbocycles. The van der Waals surface area contributed by atoms with Gasteiger partial charge in [0.2, 0.25) is 0 Å². The molecule has 0 unspecified atom stereocenters. The average molecular weight is 653 g/mol. The number of amides is 2. The van der Waals surface area contributed by atoms with Gasteiger partial charge in [-0.05, 0) is 85.1 Å². The first kappa shape index (κ1) is 34.2. The molecule has 2 amide bonds. The lowest BCUT2D eigenvalue weighted by molar-refractivity contribution is -0.141. The lowest BCUT2D eigenvalue weighted by Gasteiger charge is -2.47. The molecule has 2 aromatic heterocycles. The largest absolute Gasteiger partial charge is 0.433 e. The van der Waals surface area contributed by atoms with Gasteiger partial charge >= 0.3 is 6.18 Å². The number of hydrogen-bond acceptors (Lipinski definition) is 7. The summed E-state index contributed by atoms with van der Waals surface area (Å²) < 4.78 is 39.9. The average Bonchev–Trinajstić information content (AvgIpc) is 3.62. The molecule has 13 heteroatoms. The van der Waals surface area contributed by atoms with E-state index in [-0.39, 0.29) is 46.5 Å². The number of rotatable bonds is 8. The molecule has 3 heterocycles. The number of H-pyrrole nitrogens is 1. The minimum Gasteiger partial charge on any atom is -0.345 e. The fourth-order valence-electron chi connectivity index (χ4n) is 6.62. The Balaban J connectivity index is 1.50. The van der Waals surface area contributed by atoms with E-state index in [1.807, 2.05) is 17.0 Å². The zero-order valence-electron chi connectivity index (χ0n) is 27.8. The number of pyridine rings is 1. The second kappa shape index (κ2) is 12.8. The minimum atomic E-state index is -4.59. The highest BCUT2D eigenvalue weighted by molar-refractivity contribution is 6.46. The normalized spacial score (nSPS) is 21.2. The molecule has 1 aromatic carbocycles. The molecule has 10 nitrogen and oxygen atoms in total. The van der Waals surface area contributed by atoms with E-state index < -0.39 is 17.5 Å². The first-order valence-electron chi connectivity index (χ1n) is 16.0. The Morgan fingerprint density at radius 2 is 1.72 bits per heavy atom. The van der Waals surface area contributed by atoms with Gasteiger partial charge in [0.15, 0.2) is 5.82 Å². The molecule has 0 radical (unpaired) electrons. The molecule has 1 spiro atoms. The molecular weight excluding hydrogens is 609 g/mol. The van der Waals surface area contributed by atoms with Crippen molar-refractivity contribution < 1.29 is 22.8 Å². The quantitative estimate of drug-likeness (QED) is 0.280. The summed E-state index contributed by atoms with van der Waals surface area (Å²) in [7, 11) is 0. The van der Waals surface area contributed by atoms with Crippen LogP contribution in [0.4, 0.5) is 13.2 Å². The molecule has 5 rings (SSSR count). The molecule has 0 saturated heterocycles. The van der Waals surface area contributed by atoms with E-state index in [1.54, 1.807) is 12.1 Å². The Kier molecular flexibility index (Phi) is 9.31. The van der Waals surface area contributed by atoms with E-state index in [1.165, 1.54) is 6.07 Å². The fraction of sp³-hybridized carbons (Fsp3) is 0.559. The molecule has 2 N–H and O–H groups in total. The van der Waals surface area contributed by atoms with Crippen molar-refractivity contribution in [3.8, 4) is 0 Å². The SMILES string of the molecule is CC(C)(C)CC[C@H](c1ccc(C(=O)NCc2nn[nH]n2)cc1)N1C(=O)C(c2ccc(C(F)(F)F)nc2)=NC12CCC(C(C)(C)C)CC2. The van der Waals surface area contributed by atoms with Gasteiger partial charge in [-0.1, -0.05) is 58.9 Å². The summed E-state index contributed by atoms with van der Waals surface area (Å²) in [4.78, 5) is 38.0. The molecule has 2 aliphatic rings. The van der Waals surface area contributed by atoms with Crippen LogP contribution < -0.4 is 5.32 Å². The minimum absolute atomic E-state index is 0.0336. The van der Waals surface area contributed by atoms with Gasteiger partial charge in [0.25, 0.3) is 11.8 Å². The van der Waals surface area contributed by atoms with Crippen LogP contribution in [-0.2, 0) is 17.5 Å². The van der Waals surface area contributed by atoms with Crippen LogP contribution in [0.5, 0.6) is 0 Å². The summed E-state index contributed by atoms with van der Waals surface area (Å²) in [6.07, 6.45) is 0.947. The van der Waals surface area contributed by atoms with E-state index >= 15 is 0 Å². The van der Waals surface area contributed by atoms with Crippen molar-refractivity contribution >= 4 is 17.5 Å². The second-order valence-corrected chi connectivity index (χ2v) is 14.9. The van der Waals surface area contributed by atoms with Gasteiger partial charge in [0.05, 0.1) is 12.6 Å². The Morgan fingerprint density at radius 1 is 1.04 bits per heavy atom. The number of halogens is 3. The maximum absolute atomic E-state index is 14.5. The highest BCUT2D eigenvalue weighted by Crippen LogP contribution is 2.50. The number of hydrogen-bond donors (Lipinski definition) is 2. The van der Waals surface area contributed by atoms with Crippen molar-refractivity contribution in [3.05, 3.63) is 70.8 Å². The Hall–Kier alpha value is -4.16. The first-order chi connectivity index (χ1) is 22.0. The highest BCUT2D eigenvalue weighted by Gasteiger charge is 2.53. The number of nitrogens with zero attached hydrogens (tertiary/aromatic N) is 6. The number of aromatic nitrogens is 5. The van der Waals surface area contributed by atoms with Crippen LogP contribution in [0.15, 0.2) is 47.6 Å². The monoisotopic (exact) mass is 652 g/mol. The lowest BCUT2D eigenvalue weighted by atomic mass is 9.69. The van der Waals surface area contributed by atoms with E-state index in [0.717, 1.165) is 37.1 Å². The molecule has 1 atom stereocenters. The third kappa shape index (κ3) is 7.70. The fourth-order valence-corrected chi connectivity index (χ4v) is 6.62. The first-order valence-corrected chi connectivity index (χ1v) is 16.0. The maximum Gasteiger partial charge on any atom is 0.433 e. The van der Waals surface area contributed by atoms with Gasteiger partial charge in [-0.2, -0.15) is 18.4 Å². The molecule has 0 bridgehead atoms. The number of benzene rings is 1. The summed E-state index contributed by atoms with van der Waals surface area (Å²) in [5, 5.41) is 16.3. The molecule has 252 valence electrons. The highest BCUT2D eigenvalue weighted by atomic mass is 19.4. The van der Waals surface area contributed by atoms with Gasteiger partial charge in [0.1, 0.15) is 17.1 Å². The topological polar surface area (TPSA) is 129 Å². The van der Waals surface area contributed by atoms with Gasteiger partial charge < -0.3 is 10.2 Å². The summed E-state index contributed by atoms with van der Waals surface area (Å²) in [5.74, 6) is 0.175. The van der Waals surface area contributed by atoms with Gasteiger partial charge in [0, 0.05) is 17.3 Å². The van der Waals surface area contributed by atoms with Crippen LogP contribution in [0.3, 0.4) is 0 Å². The second-order valence-electron chi connectivity index (χ2n) is 14.9. The number of alkyl halides is 3. The van der Waals surface area contributed by atoms with Crippen molar-refractivity contribution in [1.82, 2.24) is 35.8 Å². The molecular formula is C34H43F3N8O2. The van der Waals surface area contributed by atoms with Gasteiger partial charge in [-0.3, -0.25) is 19.6 Å². The van der Waals surface area contributed by atoms with Crippen LogP contribution in [0, 0.1) is 16.7 Å². The van der Waals surface area contributed by atoms with Crippen LogP contribution in [0.2, 0.25) is 0 Å². The smallest absolute Gasteiger partial charge is 0.345 e. The number of aliphatic imine (C=N–C) groups is 1. The van der Waals surface area contributed by atoms with E-state index in [0.29, 0.717) is 36.6 Å². The Morgan fingerprint density at radius 3 is 2.26 bits per heavy atom. The van der Waals surface area contributed by atoms with Crippen LogP contribution in [-0.4, -0.2) is 53.7 Å². The van der Waals surface area contributed by atoms with Crippen molar-refractivity contribution in [2.75, 3.05) is 0 Å². The summed E-state index contributed by atoms with van der Waals surface area (Å²) in [5.41, 5.74) is -0.109. The van der Waals surface area contributed by atoms with Gasteiger partial charge in [-0.15, -0.1) is 10.2 Å². The maximum atomic E-state index is 14.5. The van der Waals surface area contributed by atoms with Crippen molar-refractivity contribution in [2.24, 2.45) is 21.7 Å². The van der Waals surface area contributed by atoms with Crippen LogP contribution >= 0.6 is 0 Å². The number of aromatic amines is 1. The predicted octanol–water partition coefficient (Wildman–Crippen LogP) is 6.68. The molecule has 1 aliphatic heterocycles. The van der Waals surface area contributed by atoms with E-state index in [4.69, 9.17) is 4.99 Å². The molecule has 3 aromatic rings. The number of tetrazole rings is 1. The summed E-state index contributed by atoms with van der Waals surface area (Å²) >= 11 is 0. The lowest BCUT2D eigenvalue weighted by Crippen LogP contribution is -2.51. The summed E-state index contributed by atoms with van der Waals surface area (Å²) in [6.45, 7) is 13.2. The van der Waals surface area contributed by atoms with Crippen molar-refractivity contribution in [3.63, 3.8) is 0 Å². The third-order valence-electron chi connectivity index (χ3n) is 9.36. The van der Waals surface area contributed by atoms with Crippen LogP contribution in [0.25, 0.3) is 0 Å². The zero-order valence-corrected chi connectivity index (χ0v) is 27.8. The van der Waals surface area contributed by atoms with Crippen LogP contribution in [0.1, 0.15) is 119 Å². The number of nitrogens with one attached hydrogen (secondary N) is 2. The van der Waals surface area contributed by atoms with E-state index in [9.17, 15) is 22.8 Å². The molecule has 47 heavy (non-hydrogen) atoms. The Bertz CT molecular complexity index is 1580. The number of carbonyl (C=O) groups is 2. The van der Waals surface area contributed by atoms with Crippen molar-refractivity contribution in [1.29, 1.82) is 0 Å². The van der Waals surface area contributed by atoms with E-state index in [2.05, 4.69) is 72.5 Å². The zero-order chi connectivity index (χ0) is 34.2. The number of carbonyl (C=O) groups excluding carboxylic acids is 2.